The third kappa shape index (κ3) is 5.36. The molecule has 0 amide bonds. The molecule has 0 aromatic heterocycles. The second kappa shape index (κ2) is 7.73. The SMILES string of the molecule is Cc1ccccc1CO.NCCN. The molecular weight excluding hydrogens is 164 g/mol. The van der Waals surface area contributed by atoms with Crippen molar-refractivity contribution in [2.24, 2.45) is 11.5 Å². The number of aliphatic hydroxyl groups excluding tert-OH is 1. The van der Waals surface area contributed by atoms with E-state index in [1.807, 2.05) is 31.2 Å². The zero-order valence-corrected chi connectivity index (χ0v) is 8.03. The molecule has 0 aliphatic carbocycles. The fourth-order valence-corrected chi connectivity index (χ4v) is 0.787. The predicted octanol–water partition coefficient (Wildman–Crippen LogP) is 0.391. The maximum absolute atomic E-state index is 8.72. The largest absolute Gasteiger partial charge is 0.392 e. The van der Waals surface area contributed by atoms with Crippen LogP contribution >= 0.6 is 0 Å². The van der Waals surface area contributed by atoms with Gasteiger partial charge in [0.2, 0.25) is 0 Å². The van der Waals surface area contributed by atoms with Gasteiger partial charge in [0.25, 0.3) is 0 Å². The van der Waals surface area contributed by atoms with Gasteiger partial charge in [0.1, 0.15) is 0 Å². The summed E-state index contributed by atoms with van der Waals surface area (Å²) in [4.78, 5) is 0. The normalized spacial score (nSPS) is 8.92. The van der Waals surface area contributed by atoms with Gasteiger partial charge in [-0.25, -0.2) is 0 Å². The van der Waals surface area contributed by atoms with Gasteiger partial charge in [-0.1, -0.05) is 24.3 Å². The number of hydrogen-bond acceptors (Lipinski definition) is 3. The highest BCUT2D eigenvalue weighted by Crippen LogP contribution is 2.05. The van der Waals surface area contributed by atoms with Crippen LogP contribution < -0.4 is 11.5 Å². The molecule has 0 saturated heterocycles. The fraction of sp³-hybridized carbons (Fsp3) is 0.400. The molecule has 0 spiro atoms. The Morgan fingerprint density at radius 2 is 1.69 bits per heavy atom. The van der Waals surface area contributed by atoms with Gasteiger partial charge >= 0.3 is 0 Å². The van der Waals surface area contributed by atoms with E-state index in [-0.39, 0.29) is 6.61 Å². The highest BCUT2D eigenvalue weighted by Gasteiger charge is 1.90. The molecule has 13 heavy (non-hydrogen) atoms. The van der Waals surface area contributed by atoms with Crippen LogP contribution in [0.4, 0.5) is 0 Å². The first kappa shape index (κ1) is 12.1. The van der Waals surface area contributed by atoms with Gasteiger partial charge in [-0.2, -0.15) is 0 Å². The van der Waals surface area contributed by atoms with Crippen molar-refractivity contribution in [3.63, 3.8) is 0 Å². The van der Waals surface area contributed by atoms with E-state index in [9.17, 15) is 0 Å². The Morgan fingerprint density at radius 1 is 1.15 bits per heavy atom. The summed E-state index contributed by atoms with van der Waals surface area (Å²) >= 11 is 0. The smallest absolute Gasteiger partial charge is 0.0684 e. The molecule has 0 fully saturated rings. The average molecular weight is 182 g/mol. The molecule has 5 N–H and O–H groups in total. The van der Waals surface area contributed by atoms with E-state index >= 15 is 0 Å². The number of nitrogens with two attached hydrogens (primary N) is 2. The summed E-state index contributed by atoms with van der Waals surface area (Å²) in [5.74, 6) is 0. The van der Waals surface area contributed by atoms with Crippen molar-refractivity contribution in [1.82, 2.24) is 0 Å². The highest BCUT2D eigenvalue weighted by molar-refractivity contribution is 5.24. The summed E-state index contributed by atoms with van der Waals surface area (Å²) < 4.78 is 0. The van der Waals surface area contributed by atoms with E-state index in [0.717, 1.165) is 11.1 Å². The van der Waals surface area contributed by atoms with Gasteiger partial charge in [-0.05, 0) is 18.1 Å². The van der Waals surface area contributed by atoms with E-state index in [1.165, 1.54) is 0 Å². The van der Waals surface area contributed by atoms with Crippen molar-refractivity contribution in [2.75, 3.05) is 13.1 Å². The molecule has 74 valence electrons. The van der Waals surface area contributed by atoms with Gasteiger partial charge in [-0.15, -0.1) is 0 Å². The number of aliphatic hydroxyl groups is 1. The minimum absolute atomic E-state index is 0.146. The maximum atomic E-state index is 8.72. The molecule has 0 heterocycles. The first-order valence-corrected chi connectivity index (χ1v) is 4.31. The van der Waals surface area contributed by atoms with Crippen LogP contribution in [0.15, 0.2) is 24.3 Å². The Balaban J connectivity index is 0.000000310. The third-order valence-corrected chi connectivity index (χ3v) is 1.60. The van der Waals surface area contributed by atoms with Crippen LogP contribution in [0.25, 0.3) is 0 Å². The van der Waals surface area contributed by atoms with E-state index in [1.54, 1.807) is 0 Å². The second-order valence-electron chi connectivity index (χ2n) is 2.66. The van der Waals surface area contributed by atoms with Gasteiger partial charge in [0.15, 0.2) is 0 Å². The predicted molar refractivity (Wildman–Crippen MR) is 55.2 cm³/mol. The van der Waals surface area contributed by atoms with Crippen LogP contribution in [0.2, 0.25) is 0 Å². The highest BCUT2D eigenvalue weighted by atomic mass is 16.3. The van der Waals surface area contributed by atoms with Crippen LogP contribution in [0, 0.1) is 6.92 Å². The van der Waals surface area contributed by atoms with Crippen molar-refractivity contribution in [3.8, 4) is 0 Å². The van der Waals surface area contributed by atoms with Gasteiger partial charge in [0, 0.05) is 13.1 Å². The van der Waals surface area contributed by atoms with Crippen LogP contribution in [-0.4, -0.2) is 18.2 Å². The summed E-state index contributed by atoms with van der Waals surface area (Å²) in [6.45, 7) is 3.33. The van der Waals surface area contributed by atoms with Crippen LogP contribution in [0.3, 0.4) is 0 Å². The lowest BCUT2D eigenvalue weighted by Crippen LogP contribution is -2.11. The molecule has 0 saturated carbocycles. The van der Waals surface area contributed by atoms with E-state index in [4.69, 9.17) is 16.6 Å². The van der Waals surface area contributed by atoms with Gasteiger partial charge in [0.05, 0.1) is 6.61 Å². The average Bonchev–Trinajstić information content (AvgIpc) is 2.19. The minimum atomic E-state index is 0.146. The molecule has 0 radical (unpaired) electrons. The molecular formula is C10H18N2O. The van der Waals surface area contributed by atoms with Crippen molar-refractivity contribution in [2.45, 2.75) is 13.5 Å². The number of benzene rings is 1. The summed E-state index contributed by atoms with van der Waals surface area (Å²) in [5, 5.41) is 8.72. The Kier molecular flexibility index (Phi) is 7.20. The first-order valence-electron chi connectivity index (χ1n) is 4.31. The Hall–Kier alpha value is -0.900. The molecule has 3 nitrogen and oxygen atoms in total. The number of rotatable bonds is 2. The maximum Gasteiger partial charge on any atom is 0.0684 e. The van der Waals surface area contributed by atoms with E-state index in [0.29, 0.717) is 13.1 Å². The molecule has 0 atom stereocenters. The summed E-state index contributed by atoms with van der Waals surface area (Å²) in [5.41, 5.74) is 12.0. The van der Waals surface area contributed by atoms with E-state index < -0.39 is 0 Å². The number of aryl methyl sites for hydroxylation is 1. The van der Waals surface area contributed by atoms with Crippen molar-refractivity contribution in [3.05, 3.63) is 35.4 Å². The Morgan fingerprint density at radius 3 is 2.00 bits per heavy atom. The molecule has 0 unspecified atom stereocenters. The van der Waals surface area contributed by atoms with Gasteiger partial charge < -0.3 is 16.6 Å². The molecule has 0 bridgehead atoms. The molecule has 1 rings (SSSR count). The Labute approximate surface area is 79.4 Å². The molecule has 0 aliphatic rings. The monoisotopic (exact) mass is 182 g/mol. The fourth-order valence-electron chi connectivity index (χ4n) is 0.787. The zero-order valence-electron chi connectivity index (χ0n) is 8.03. The van der Waals surface area contributed by atoms with Crippen LogP contribution in [-0.2, 0) is 6.61 Å². The van der Waals surface area contributed by atoms with Crippen LogP contribution in [0.1, 0.15) is 11.1 Å². The lowest BCUT2D eigenvalue weighted by Gasteiger charge is -1.97. The quantitative estimate of drug-likeness (QED) is 0.619. The van der Waals surface area contributed by atoms with Gasteiger partial charge in [-0.3, -0.25) is 0 Å². The van der Waals surface area contributed by atoms with Crippen molar-refractivity contribution >= 4 is 0 Å². The minimum Gasteiger partial charge on any atom is -0.392 e. The topological polar surface area (TPSA) is 72.3 Å². The lowest BCUT2D eigenvalue weighted by atomic mass is 10.1. The van der Waals surface area contributed by atoms with E-state index in [2.05, 4.69) is 0 Å². The lowest BCUT2D eigenvalue weighted by molar-refractivity contribution is 0.281. The Bertz CT molecular complexity index is 224. The summed E-state index contributed by atoms with van der Waals surface area (Å²) in [6, 6.07) is 7.81. The number of hydrogen-bond donors (Lipinski definition) is 3. The van der Waals surface area contributed by atoms with Crippen molar-refractivity contribution < 1.29 is 5.11 Å². The molecule has 1 aromatic carbocycles. The van der Waals surface area contributed by atoms with Crippen molar-refractivity contribution in [1.29, 1.82) is 0 Å². The van der Waals surface area contributed by atoms with Crippen LogP contribution in [0.5, 0.6) is 0 Å². The summed E-state index contributed by atoms with van der Waals surface area (Å²) in [6.07, 6.45) is 0. The zero-order chi connectivity index (χ0) is 10.1. The summed E-state index contributed by atoms with van der Waals surface area (Å²) in [7, 11) is 0. The molecule has 0 aliphatic heterocycles. The second-order valence-corrected chi connectivity index (χ2v) is 2.66. The standard InChI is InChI=1S/C8H10O.C2H8N2/c1-7-4-2-3-5-8(7)6-9;3-1-2-4/h2-5,9H,6H2,1H3;1-4H2. The third-order valence-electron chi connectivity index (χ3n) is 1.60. The molecule has 1 aromatic rings. The first-order chi connectivity index (χ1) is 6.26. The molecule has 3 heteroatoms.